The Labute approximate surface area is 147 Å². The Kier molecular flexibility index (Phi) is 4.07. The van der Waals surface area contributed by atoms with Crippen molar-refractivity contribution >= 4 is 56.5 Å². The number of amides is 1. The second-order valence-corrected chi connectivity index (χ2v) is 7.43. The van der Waals surface area contributed by atoms with Crippen LogP contribution in [0, 0.1) is 0 Å². The molecule has 122 valence electrons. The fourth-order valence-corrected chi connectivity index (χ4v) is 4.15. The smallest absolute Gasteiger partial charge is 0.227 e. The van der Waals surface area contributed by atoms with Gasteiger partial charge >= 0.3 is 0 Å². The molecule has 8 heteroatoms. The first kappa shape index (κ1) is 15.3. The quantitative estimate of drug-likeness (QED) is 0.718. The molecule has 0 aliphatic carbocycles. The van der Waals surface area contributed by atoms with Crippen LogP contribution in [-0.2, 0) is 4.79 Å². The van der Waals surface area contributed by atoms with E-state index in [1.807, 2.05) is 35.4 Å². The van der Waals surface area contributed by atoms with Crippen LogP contribution in [-0.4, -0.2) is 33.7 Å². The van der Waals surface area contributed by atoms with Crippen molar-refractivity contribution in [2.75, 3.05) is 23.0 Å². The van der Waals surface area contributed by atoms with E-state index in [9.17, 15) is 4.79 Å². The number of carbonyl (C=O) groups excluding carboxylic acids is 1. The fourth-order valence-electron chi connectivity index (χ4n) is 2.69. The van der Waals surface area contributed by atoms with Crippen LogP contribution in [0.3, 0.4) is 0 Å². The van der Waals surface area contributed by atoms with Crippen molar-refractivity contribution in [3.05, 3.63) is 30.6 Å². The SMILES string of the molecule is CSc1nc2ncnc(Nc3ccc(N4CCCC4=O)cc3)c2s1. The van der Waals surface area contributed by atoms with Crippen molar-refractivity contribution in [2.24, 2.45) is 0 Å². The maximum atomic E-state index is 11.8. The van der Waals surface area contributed by atoms with Gasteiger partial charge in [-0.05, 0) is 36.9 Å². The van der Waals surface area contributed by atoms with Gasteiger partial charge in [-0.3, -0.25) is 4.79 Å². The summed E-state index contributed by atoms with van der Waals surface area (Å²) in [5.41, 5.74) is 2.57. The van der Waals surface area contributed by atoms with Gasteiger partial charge in [0.25, 0.3) is 0 Å². The molecular formula is C16H15N5OS2. The molecule has 0 bridgehead atoms. The molecular weight excluding hydrogens is 342 g/mol. The van der Waals surface area contributed by atoms with Gasteiger partial charge in [0.05, 0.1) is 0 Å². The lowest BCUT2D eigenvalue weighted by molar-refractivity contribution is -0.117. The van der Waals surface area contributed by atoms with Crippen molar-refractivity contribution in [3.8, 4) is 0 Å². The number of benzene rings is 1. The predicted molar refractivity (Wildman–Crippen MR) is 98.3 cm³/mol. The van der Waals surface area contributed by atoms with Gasteiger partial charge in [0.2, 0.25) is 5.91 Å². The molecule has 3 heterocycles. The second kappa shape index (κ2) is 6.37. The molecule has 4 rings (SSSR count). The van der Waals surface area contributed by atoms with Gasteiger partial charge in [-0.15, -0.1) is 11.3 Å². The first-order chi connectivity index (χ1) is 11.7. The number of rotatable bonds is 4. The van der Waals surface area contributed by atoms with Crippen LogP contribution in [0.15, 0.2) is 34.9 Å². The van der Waals surface area contributed by atoms with Crippen molar-refractivity contribution in [1.29, 1.82) is 0 Å². The van der Waals surface area contributed by atoms with Crippen LogP contribution >= 0.6 is 23.1 Å². The number of thiazole rings is 1. The summed E-state index contributed by atoms with van der Waals surface area (Å²) in [6.07, 6.45) is 5.09. The third kappa shape index (κ3) is 2.83. The van der Waals surface area contributed by atoms with E-state index in [-0.39, 0.29) is 5.91 Å². The van der Waals surface area contributed by atoms with Gasteiger partial charge in [-0.25, -0.2) is 15.0 Å². The monoisotopic (exact) mass is 357 g/mol. The Morgan fingerprint density at radius 2 is 2.08 bits per heavy atom. The number of nitrogens with zero attached hydrogens (tertiary/aromatic N) is 4. The molecule has 1 fully saturated rings. The summed E-state index contributed by atoms with van der Waals surface area (Å²) in [6, 6.07) is 7.85. The van der Waals surface area contributed by atoms with Gasteiger partial charge in [0, 0.05) is 24.3 Å². The molecule has 0 saturated carbocycles. The topological polar surface area (TPSA) is 71.0 Å². The average molecular weight is 357 g/mol. The zero-order chi connectivity index (χ0) is 16.5. The highest BCUT2D eigenvalue weighted by molar-refractivity contribution is 8.00. The zero-order valence-corrected chi connectivity index (χ0v) is 14.7. The lowest BCUT2D eigenvalue weighted by Crippen LogP contribution is -2.23. The van der Waals surface area contributed by atoms with Crippen LogP contribution in [0.1, 0.15) is 12.8 Å². The molecule has 0 spiro atoms. The van der Waals surface area contributed by atoms with Gasteiger partial charge < -0.3 is 10.2 Å². The van der Waals surface area contributed by atoms with E-state index >= 15 is 0 Å². The highest BCUT2D eigenvalue weighted by Gasteiger charge is 2.21. The molecule has 1 aromatic carbocycles. The molecule has 3 aromatic rings. The molecule has 2 aromatic heterocycles. The number of hydrogen-bond donors (Lipinski definition) is 1. The van der Waals surface area contributed by atoms with Crippen molar-refractivity contribution in [1.82, 2.24) is 15.0 Å². The molecule has 1 aliphatic rings. The predicted octanol–water partition coefficient (Wildman–Crippen LogP) is 3.68. The summed E-state index contributed by atoms with van der Waals surface area (Å²) in [4.78, 5) is 26.7. The van der Waals surface area contributed by atoms with Gasteiger partial charge in [0.15, 0.2) is 15.8 Å². The van der Waals surface area contributed by atoms with Gasteiger partial charge in [0.1, 0.15) is 11.0 Å². The third-order valence-corrected chi connectivity index (χ3v) is 5.90. The first-order valence-corrected chi connectivity index (χ1v) is 9.62. The summed E-state index contributed by atoms with van der Waals surface area (Å²) in [7, 11) is 0. The molecule has 1 saturated heterocycles. The average Bonchev–Trinajstić information content (AvgIpc) is 3.22. The summed E-state index contributed by atoms with van der Waals surface area (Å²) in [5, 5.41) is 3.32. The minimum atomic E-state index is 0.197. The number of carbonyl (C=O) groups is 1. The number of nitrogens with one attached hydrogen (secondary N) is 1. The van der Waals surface area contributed by atoms with Crippen LogP contribution in [0.4, 0.5) is 17.2 Å². The Hall–Kier alpha value is -2.19. The first-order valence-electron chi connectivity index (χ1n) is 7.57. The van der Waals surface area contributed by atoms with E-state index < -0.39 is 0 Å². The number of aromatic nitrogens is 3. The zero-order valence-electron chi connectivity index (χ0n) is 13.0. The fraction of sp³-hybridized carbons (Fsp3) is 0.250. The summed E-state index contributed by atoms with van der Waals surface area (Å²) < 4.78 is 1.91. The Bertz CT molecular complexity index is 893. The minimum absolute atomic E-state index is 0.197. The molecule has 0 atom stereocenters. The van der Waals surface area contributed by atoms with Crippen molar-refractivity contribution < 1.29 is 4.79 Å². The van der Waals surface area contributed by atoms with Crippen LogP contribution in [0.25, 0.3) is 10.3 Å². The molecule has 0 radical (unpaired) electrons. The Balaban J connectivity index is 1.59. The Morgan fingerprint density at radius 3 is 2.79 bits per heavy atom. The highest BCUT2D eigenvalue weighted by Crippen LogP contribution is 2.32. The largest absolute Gasteiger partial charge is 0.339 e. The van der Waals surface area contributed by atoms with E-state index in [1.54, 1.807) is 23.1 Å². The van der Waals surface area contributed by atoms with Crippen molar-refractivity contribution in [3.63, 3.8) is 0 Å². The van der Waals surface area contributed by atoms with E-state index in [4.69, 9.17) is 0 Å². The normalized spacial score (nSPS) is 14.5. The molecule has 6 nitrogen and oxygen atoms in total. The minimum Gasteiger partial charge on any atom is -0.339 e. The third-order valence-electron chi connectivity index (χ3n) is 3.86. The number of hydrogen-bond acceptors (Lipinski definition) is 7. The lowest BCUT2D eigenvalue weighted by Gasteiger charge is -2.16. The second-order valence-electron chi connectivity index (χ2n) is 5.38. The molecule has 1 amide bonds. The van der Waals surface area contributed by atoms with E-state index in [0.29, 0.717) is 12.1 Å². The molecule has 0 unspecified atom stereocenters. The molecule has 1 N–H and O–H groups in total. The standard InChI is InChI=1S/C16H15N5OS2/c1-23-16-20-15-13(24-16)14(17-9-18-15)19-10-4-6-11(7-5-10)21-8-2-3-12(21)22/h4-7,9H,2-3,8H2,1H3,(H,17,18,19). The van der Waals surface area contributed by atoms with Gasteiger partial charge in [-0.1, -0.05) is 11.8 Å². The van der Waals surface area contributed by atoms with E-state index in [0.717, 1.165) is 39.2 Å². The Morgan fingerprint density at radius 1 is 1.25 bits per heavy atom. The maximum Gasteiger partial charge on any atom is 0.227 e. The number of thioether (sulfide) groups is 1. The lowest BCUT2D eigenvalue weighted by atomic mass is 10.2. The number of fused-ring (bicyclic) bond motifs is 1. The summed E-state index contributed by atoms with van der Waals surface area (Å²) in [6.45, 7) is 0.802. The van der Waals surface area contributed by atoms with E-state index in [1.165, 1.54) is 6.33 Å². The van der Waals surface area contributed by atoms with Crippen LogP contribution < -0.4 is 10.2 Å². The van der Waals surface area contributed by atoms with Crippen LogP contribution in [0.5, 0.6) is 0 Å². The summed E-state index contributed by atoms with van der Waals surface area (Å²) >= 11 is 3.18. The highest BCUT2D eigenvalue weighted by atomic mass is 32.2. The van der Waals surface area contributed by atoms with Crippen molar-refractivity contribution in [2.45, 2.75) is 17.2 Å². The molecule has 1 aliphatic heterocycles. The maximum absolute atomic E-state index is 11.8. The van der Waals surface area contributed by atoms with Crippen LogP contribution in [0.2, 0.25) is 0 Å². The van der Waals surface area contributed by atoms with E-state index in [2.05, 4.69) is 20.3 Å². The number of anilines is 3. The van der Waals surface area contributed by atoms with Gasteiger partial charge in [-0.2, -0.15) is 0 Å². The summed E-state index contributed by atoms with van der Waals surface area (Å²) in [5.74, 6) is 0.949. The molecule has 24 heavy (non-hydrogen) atoms.